The molecule has 0 aliphatic carbocycles. The monoisotopic (exact) mass is 436 g/mol. The van der Waals surface area contributed by atoms with Crippen molar-refractivity contribution in [3.8, 4) is 0 Å². The second-order valence-electron chi connectivity index (χ2n) is 6.39. The van der Waals surface area contributed by atoms with Crippen LogP contribution in [-0.2, 0) is 4.74 Å². The molecule has 29 heavy (non-hydrogen) atoms. The lowest BCUT2D eigenvalue weighted by Gasteiger charge is -2.28. The summed E-state index contributed by atoms with van der Waals surface area (Å²) in [5.41, 5.74) is 0.615. The van der Waals surface area contributed by atoms with Crippen molar-refractivity contribution < 1.29 is 18.9 Å². The summed E-state index contributed by atoms with van der Waals surface area (Å²) in [6.45, 7) is 3.82. The van der Waals surface area contributed by atoms with E-state index in [-0.39, 0.29) is 5.76 Å². The summed E-state index contributed by atoms with van der Waals surface area (Å²) in [4.78, 5) is 31.6. The van der Waals surface area contributed by atoms with Crippen LogP contribution in [0.1, 0.15) is 10.6 Å². The van der Waals surface area contributed by atoms with E-state index in [9.17, 15) is 14.9 Å². The molecule has 1 aliphatic rings. The Morgan fingerprint density at radius 3 is 2.79 bits per heavy atom. The molecule has 0 radical (unpaired) electrons. The van der Waals surface area contributed by atoms with Gasteiger partial charge in [-0.1, -0.05) is 29.0 Å². The van der Waals surface area contributed by atoms with E-state index in [1.165, 1.54) is 28.4 Å². The number of thiazole rings is 1. The number of carbonyl (C=O) groups excluding carboxylic acids is 1. The van der Waals surface area contributed by atoms with Crippen molar-refractivity contribution >= 4 is 50.1 Å². The van der Waals surface area contributed by atoms with Gasteiger partial charge in [-0.15, -0.1) is 0 Å². The molecule has 1 aliphatic heterocycles. The summed E-state index contributed by atoms with van der Waals surface area (Å²) in [5, 5.41) is 11.9. The number of amides is 1. The van der Waals surface area contributed by atoms with Crippen LogP contribution in [0.2, 0.25) is 5.02 Å². The number of fused-ring (bicyclic) bond motifs is 1. The molecule has 0 N–H and O–H groups in total. The molecule has 1 saturated heterocycles. The zero-order valence-corrected chi connectivity index (χ0v) is 16.8. The number of rotatable bonds is 6. The summed E-state index contributed by atoms with van der Waals surface area (Å²) in [7, 11) is 0. The first kappa shape index (κ1) is 19.8. The highest BCUT2D eigenvalue weighted by Gasteiger charge is 2.27. The van der Waals surface area contributed by atoms with Gasteiger partial charge in [0.05, 0.1) is 29.0 Å². The molecule has 1 aromatic carbocycles. The standard InChI is InChI=1S/C18H17ClN4O5S/c19-12-2-1-3-14-16(12)20-18(29-14)22(7-6-21-8-10-27-11-9-21)17(24)13-4-5-15(28-13)23(25)26/h1-5H,6-11H2. The van der Waals surface area contributed by atoms with E-state index in [1.54, 1.807) is 6.07 Å². The molecule has 4 rings (SSSR count). The fourth-order valence-corrected chi connectivity index (χ4v) is 4.33. The zero-order valence-electron chi connectivity index (χ0n) is 15.2. The predicted molar refractivity (Wildman–Crippen MR) is 109 cm³/mol. The minimum Gasteiger partial charge on any atom is -0.395 e. The molecule has 1 amide bonds. The predicted octanol–water partition coefficient (Wildman–Crippen LogP) is 3.43. The van der Waals surface area contributed by atoms with Gasteiger partial charge in [0.15, 0.2) is 10.9 Å². The minimum absolute atomic E-state index is 0.107. The number of para-hydroxylation sites is 1. The largest absolute Gasteiger partial charge is 0.433 e. The summed E-state index contributed by atoms with van der Waals surface area (Å²) in [6, 6.07) is 7.92. The van der Waals surface area contributed by atoms with Crippen molar-refractivity contribution in [3.63, 3.8) is 0 Å². The lowest BCUT2D eigenvalue weighted by atomic mass is 10.3. The molecule has 0 saturated carbocycles. The van der Waals surface area contributed by atoms with E-state index in [0.717, 1.165) is 17.8 Å². The summed E-state index contributed by atoms with van der Waals surface area (Å²) >= 11 is 7.57. The third-order valence-corrected chi connectivity index (χ3v) is 5.91. The lowest BCUT2D eigenvalue weighted by Crippen LogP contribution is -2.43. The normalized spacial score (nSPS) is 14.9. The summed E-state index contributed by atoms with van der Waals surface area (Å²) < 4.78 is 11.3. The Morgan fingerprint density at radius 2 is 2.10 bits per heavy atom. The Labute approximate surface area is 174 Å². The van der Waals surface area contributed by atoms with Crippen LogP contribution >= 0.6 is 22.9 Å². The summed E-state index contributed by atoms with van der Waals surface area (Å²) in [6.07, 6.45) is 0. The van der Waals surface area contributed by atoms with Gasteiger partial charge in [-0.3, -0.25) is 24.7 Å². The molecular weight excluding hydrogens is 420 g/mol. The highest BCUT2D eigenvalue weighted by Crippen LogP contribution is 2.33. The molecule has 152 valence electrons. The Hall–Kier alpha value is -2.53. The molecule has 3 aromatic rings. The van der Waals surface area contributed by atoms with E-state index in [0.29, 0.717) is 42.0 Å². The van der Waals surface area contributed by atoms with Gasteiger partial charge in [0.25, 0.3) is 5.91 Å². The first-order valence-corrected chi connectivity index (χ1v) is 10.1. The van der Waals surface area contributed by atoms with Gasteiger partial charge in [0.2, 0.25) is 0 Å². The number of halogens is 1. The highest BCUT2D eigenvalue weighted by atomic mass is 35.5. The average Bonchev–Trinajstić information content (AvgIpc) is 3.37. The van der Waals surface area contributed by atoms with E-state index in [2.05, 4.69) is 9.88 Å². The Bertz CT molecular complexity index is 1050. The number of furan rings is 1. The number of carbonyl (C=O) groups is 1. The summed E-state index contributed by atoms with van der Waals surface area (Å²) in [5.74, 6) is -1.07. The Balaban J connectivity index is 1.64. The molecular formula is C18H17ClN4O5S. The smallest absolute Gasteiger partial charge is 0.395 e. The van der Waals surface area contributed by atoms with Crippen LogP contribution in [0.25, 0.3) is 10.2 Å². The Kier molecular flexibility index (Phi) is 5.76. The molecule has 0 bridgehead atoms. The molecule has 11 heteroatoms. The van der Waals surface area contributed by atoms with Crippen LogP contribution in [-0.4, -0.2) is 60.1 Å². The second kappa shape index (κ2) is 8.46. The third kappa shape index (κ3) is 4.25. The first-order valence-electron chi connectivity index (χ1n) is 8.94. The fraction of sp³-hybridized carbons (Fsp3) is 0.333. The van der Waals surface area contributed by atoms with Gasteiger partial charge >= 0.3 is 5.88 Å². The SMILES string of the molecule is O=C(c1ccc([N+](=O)[O-])o1)N(CCN1CCOCC1)c1nc2c(Cl)cccc2s1. The number of anilines is 1. The van der Waals surface area contributed by atoms with Crippen molar-refractivity contribution in [1.82, 2.24) is 9.88 Å². The first-order chi connectivity index (χ1) is 14.0. The van der Waals surface area contributed by atoms with E-state index in [1.807, 2.05) is 12.1 Å². The number of benzene rings is 1. The van der Waals surface area contributed by atoms with Crippen LogP contribution in [0.4, 0.5) is 11.0 Å². The van der Waals surface area contributed by atoms with Crippen LogP contribution in [0.15, 0.2) is 34.7 Å². The van der Waals surface area contributed by atoms with Gasteiger partial charge in [-0.2, -0.15) is 0 Å². The number of aromatic nitrogens is 1. The second-order valence-corrected chi connectivity index (χ2v) is 7.81. The zero-order chi connectivity index (χ0) is 20.4. The van der Waals surface area contributed by atoms with Gasteiger partial charge in [-0.25, -0.2) is 4.98 Å². The maximum absolute atomic E-state index is 13.1. The van der Waals surface area contributed by atoms with E-state index in [4.69, 9.17) is 20.8 Å². The lowest BCUT2D eigenvalue weighted by molar-refractivity contribution is -0.402. The molecule has 0 spiro atoms. The number of nitrogens with zero attached hydrogens (tertiary/aromatic N) is 4. The number of hydrogen-bond donors (Lipinski definition) is 0. The van der Waals surface area contributed by atoms with Crippen molar-refractivity contribution in [2.45, 2.75) is 0 Å². The van der Waals surface area contributed by atoms with Crippen LogP contribution in [0.3, 0.4) is 0 Å². The number of morpholine rings is 1. The topological polar surface area (TPSA) is 102 Å². The molecule has 0 atom stereocenters. The van der Waals surface area contributed by atoms with Crippen LogP contribution < -0.4 is 4.90 Å². The maximum atomic E-state index is 13.1. The molecule has 0 unspecified atom stereocenters. The van der Waals surface area contributed by atoms with Gasteiger partial charge in [0, 0.05) is 26.2 Å². The molecule has 1 fully saturated rings. The van der Waals surface area contributed by atoms with Crippen molar-refractivity contribution in [2.75, 3.05) is 44.3 Å². The molecule has 3 heterocycles. The fourth-order valence-electron chi connectivity index (χ4n) is 3.04. The van der Waals surface area contributed by atoms with Gasteiger partial charge < -0.3 is 9.15 Å². The average molecular weight is 437 g/mol. The Morgan fingerprint density at radius 1 is 1.31 bits per heavy atom. The number of nitro groups is 1. The van der Waals surface area contributed by atoms with Crippen LogP contribution in [0, 0.1) is 10.1 Å². The number of ether oxygens (including phenoxy) is 1. The van der Waals surface area contributed by atoms with Crippen molar-refractivity contribution in [3.05, 3.63) is 51.2 Å². The molecule has 9 nitrogen and oxygen atoms in total. The highest BCUT2D eigenvalue weighted by molar-refractivity contribution is 7.22. The minimum atomic E-state index is -0.674. The van der Waals surface area contributed by atoms with Gasteiger partial charge in [-0.05, 0) is 18.2 Å². The van der Waals surface area contributed by atoms with Crippen molar-refractivity contribution in [1.29, 1.82) is 0 Å². The van der Waals surface area contributed by atoms with Crippen molar-refractivity contribution in [2.24, 2.45) is 0 Å². The van der Waals surface area contributed by atoms with Crippen LogP contribution in [0.5, 0.6) is 0 Å². The third-order valence-electron chi connectivity index (χ3n) is 4.56. The van der Waals surface area contributed by atoms with E-state index >= 15 is 0 Å². The maximum Gasteiger partial charge on any atom is 0.433 e. The van der Waals surface area contributed by atoms with E-state index < -0.39 is 16.7 Å². The quantitative estimate of drug-likeness (QED) is 0.430. The number of hydrogen-bond acceptors (Lipinski definition) is 8. The molecule has 2 aromatic heterocycles. The van der Waals surface area contributed by atoms with Gasteiger partial charge in [0.1, 0.15) is 10.4 Å².